The van der Waals surface area contributed by atoms with E-state index in [0.29, 0.717) is 17.4 Å². The van der Waals surface area contributed by atoms with E-state index in [4.69, 9.17) is 14.5 Å². The first-order chi connectivity index (χ1) is 14.5. The van der Waals surface area contributed by atoms with Crippen molar-refractivity contribution >= 4 is 33.5 Å². The number of aryl methyl sites for hydroxylation is 1. The first-order valence-corrected chi connectivity index (χ1v) is 10.8. The van der Waals surface area contributed by atoms with Crippen LogP contribution in [0, 0.1) is 6.92 Å². The number of hydrogen-bond donors (Lipinski definition) is 1. The molecule has 0 bridgehead atoms. The zero-order valence-electron chi connectivity index (χ0n) is 17.7. The topological polar surface area (TPSA) is 110 Å². The number of hydrogen-bond acceptors (Lipinski definition) is 6. The lowest BCUT2D eigenvalue weighted by molar-refractivity contribution is 0.355. The Morgan fingerprint density at radius 2 is 1.74 bits per heavy atom. The third-order valence-corrected chi connectivity index (χ3v) is 5.79. The van der Waals surface area contributed by atoms with Crippen LogP contribution >= 0.6 is 0 Å². The average Bonchev–Trinajstić information content (AvgIpc) is 3.18. The summed E-state index contributed by atoms with van der Waals surface area (Å²) in [6, 6.07) is 13.3. The highest BCUT2D eigenvalue weighted by atomic mass is 32.2. The van der Waals surface area contributed by atoms with E-state index in [-0.39, 0.29) is 6.90 Å². The molecule has 164 valence electrons. The second kappa shape index (κ2) is 9.15. The Bertz CT molecular complexity index is 1240. The molecule has 0 aliphatic rings. The van der Waals surface area contributed by atoms with Gasteiger partial charge in [-0.3, -0.25) is 4.21 Å². The maximum Gasteiger partial charge on any atom is 0.229 e. The summed E-state index contributed by atoms with van der Waals surface area (Å²) in [7, 11) is 2.21. The van der Waals surface area contributed by atoms with Gasteiger partial charge in [-0.1, -0.05) is 0 Å². The predicted molar refractivity (Wildman–Crippen MR) is 124 cm³/mol. The summed E-state index contributed by atoms with van der Waals surface area (Å²) in [5.41, 5.74) is 3.52. The van der Waals surface area contributed by atoms with Gasteiger partial charge in [0.1, 0.15) is 5.65 Å². The van der Waals surface area contributed by atoms with Gasteiger partial charge in [0.15, 0.2) is 11.5 Å². The fourth-order valence-electron chi connectivity index (χ4n) is 3.22. The summed E-state index contributed by atoms with van der Waals surface area (Å²) < 4.78 is 24.4. The molecule has 0 fully saturated rings. The molecule has 0 aliphatic carbocycles. The van der Waals surface area contributed by atoms with Gasteiger partial charge in [-0.25, -0.2) is 4.98 Å². The highest BCUT2D eigenvalue weighted by molar-refractivity contribution is 7.84. The van der Waals surface area contributed by atoms with Gasteiger partial charge in [0.2, 0.25) is 5.95 Å². The van der Waals surface area contributed by atoms with Crippen molar-refractivity contribution in [2.75, 3.05) is 25.8 Å². The quantitative estimate of drug-likeness (QED) is 0.488. The molecule has 8 nitrogen and oxygen atoms in total. The Kier molecular flexibility index (Phi) is 6.57. The average molecular weight is 443 g/mol. The van der Waals surface area contributed by atoms with E-state index in [0.717, 1.165) is 32.9 Å². The lowest BCUT2D eigenvalue weighted by atomic mass is 10.1. The Morgan fingerprint density at radius 3 is 2.39 bits per heavy atom. The molecule has 9 heteroatoms. The standard InChI is InChI=1S/C22H22N4O3S.H2O.H2/c1-14-11-19(28-2)20(29-3)12-18(14)24-22-23-13-15-9-10-26(21(15)25-22)16-5-7-17(8-6-16)30(4)27;;/h5-13H,1-4H3,(H,23,24,25);1H2;1H. The molecule has 2 aromatic heterocycles. The van der Waals surface area contributed by atoms with E-state index in [1.807, 2.05) is 60.2 Å². The SMILES string of the molecule is COc1cc(C)c(Nc2ncc3ccn(-c4ccc(S(C)=O)cc4)c3n2)cc1OC.O.[HH]. The van der Waals surface area contributed by atoms with E-state index in [9.17, 15) is 4.21 Å². The number of ether oxygens (including phenoxy) is 2. The van der Waals surface area contributed by atoms with Gasteiger partial charge in [0.05, 0.1) is 14.2 Å². The van der Waals surface area contributed by atoms with E-state index < -0.39 is 10.8 Å². The van der Waals surface area contributed by atoms with Crippen LogP contribution in [0.25, 0.3) is 16.7 Å². The molecule has 0 saturated heterocycles. The van der Waals surface area contributed by atoms with Crippen molar-refractivity contribution in [1.29, 1.82) is 0 Å². The molecule has 31 heavy (non-hydrogen) atoms. The van der Waals surface area contributed by atoms with Crippen molar-refractivity contribution in [3.63, 3.8) is 0 Å². The van der Waals surface area contributed by atoms with Crippen LogP contribution in [-0.2, 0) is 10.8 Å². The monoisotopic (exact) mass is 442 g/mol. The van der Waals surface area contributed by atoms with Gasteiger partial charge in [-0.15, -0.1) is 0 Å². The van der Waals surface area contributed by atoms with Gasteiger partial charge >= 0.3 is 0 Å². The minimum Gasteiger partial charge on any atom is -0.493 e. The van der Waals surface area contributed by atoms with E-state index in [1.165, 1.54) is 0 Å². The third-order valence-electron chi connectivity index (χ3n) is 4.85. The number of nitrogens with one attached hydrogen (secondary N) is 1. The van der Waals surface area contributed by atoms with Crippen molar-refractivity contribution in [3.8, 4) is 17.2 Å². The molecule has 0 aliphatic heterocycles. The molecule has 0 radical (unpaired) electrons. The summed E-state index contributed by atoms with van der Waals surface area (Å²) in [5, 5.41) is 4.20. The maximum absolute atomic E-state index is 11.6. The molecule has 1 atom stereocenters. The third kappa shape index (κ3) is 4.37. The molecule has 4 aromatic rings. The molecule has 0 saturated carbocycles. The number of aromatic nitrogens is 3. The minimum absolute atomic E-state index is 0. The lowest BCUT2D eigenvalue weighted by Gasteiger charge is -2.14. The fraction of sp³-hybridized carbons (Fsp3) is 0.182. The van der Waals surface area contributed by atoms with Crippen molar-refractivity contribution < 1.29 is 20.6 Å². The van der Waals surface area contributed by atoms with Crippen LogP contribution in [0.5, 0.6) is 11.5 Å². The van der Waals surface area contributed by atoms with Gasteiger partial charge in [0, 0.05) is 58.6 Å². The zero-order chi connectivity index (χ0) is 21.3. The van der Waals surface area contributed by atoms with Crippen molar-refractivity contribution in [2.45, 2.75) is 11.8 Å². The highest BCUT2D eigenvalue weighted by Crippen LogP contribution is 2.34. The fourth-order valence-corrected chi connectivity index (χ4v) is 3.74. The van der Waals surface area contributed by atoms with Crippen LogP contribution in [0.3, 0.4) is 0 Å². The van der Waals surface area contributed by atoms with Crippen LogP contribution < -0.4 is 14.8 Å². The molecule has 2 heterocycles. The predicted octanol–water partition coefficient (Wildman–Crippen LogP) is 3.65. The molecule has 0 amide bonds. The zero-order valence-corrected chi connectivity index (χ0v) is 18.5. The van der Waals surface area contributed by atoms with Crippen LogP contribution in [0.15, 0.2) is 59.8 Å². The van der Waals surface area contributed by atoms with Gasteiger partial charge in [0.25, 0.3) is 0 Å². The molecule has 2 aromatic carbocycles. The van der Waals surface area contributed by atoms with E-state index in [1.54, 1.807) is 26.7 Å². The van der Waals surface area contributed by atoms with Gasteiger partial charge in [-0.05, 0) is 48.9 Å². The van der Waals surface area contributed by atoms with Crippen LogP contribution in [-0.4, -0.2) is 44.7 Å². The molecule has 1 unspecified atom stereocenters. The Balaban J connectivity index is 0.00000181. The first-order valence-electron chi connectivity index (χ1n) is 9.27. The minimum atomic E-state index is -1.01. The van der Waals surface area contributed by atoms with Gasteiger partial charge in [-0.2, -0.15) is 4.98 Å². The molecule has 4 rings (SSSR count). The number of fused-ring (bicyclic) bond motifs is 1. The Labute approximate surface area is 184 Å². The number of rotatable bonds is 6. The summed E-state index contributed by atoms with van der Waals surface area (Å²) in [4.78, 5) is 9.94. The molecular formula is C22H26N4O4S. The van der Waals surface area contributed by atoms with Gasteiger partial charge < -0.3 is 24.8 Å². The smallest absolute Gasteiger partial charge is 0.229 e. The second-order valence-electron chi connectivity index (χ2n) is 6.75. The van der Waals surface area contributed by atoms with Crippen LogP contribution in [0.1, 0.15) is 6.99 Å². The molecule has 0 spiro atoms. The first kappa shape index (κ1) is 22.3. The number of anilines is 2. The number of methoxy groups -OCH3 is 2. The maximum atomic E-state index is 11.6. The number of nitrogens with zero attached hydrogens (tertiary/aromatic N) is 3. The normalized spacial score (nSPS) is 11.6. The van der Waals surface area contributed by atoms with E-state index in [2.05, 4.69) is 10.3 Å². The highest BCUT2D eigenvalue weighted by Gasteiger charge is 2.12. The Morgan fingerprint density at radius 1 is 1.06 bits per heavy atom. The van der Waals surface area contributed by atoms with Crippen molar-refractivity contribution in [2.24, 2.45) is 0 Å². The second-order valence-corrected chi connectivity index (χ2v) is 8.13. The van der Waals surface area contributed by atoms with Crippen LogP contribution in [0.2, 0.25) is 0 Å². The van der Waals surface area contributed by atoms with Crippen molar-refractivity contribution in [1.82, 2.24) is 14.5 Å². The number of benzene rings is 2. The summed E-state index contributed by atoms with van der Waals surface area (Å²) in [6.45, 7) is 1.98. The van der Waals surface area contributed by atoms with Crippen LogP contribution in [0.4, 0.5) is 11.6 Å². The molecular weight excluding hydrogens is 416 g/mol. The largest absolute Gasteiger partial charge is 0.493 e. The van der Waals surface area contributed by atoms with E-state index >= 15 is 0 Å². The summed E-state index contributed by atoms with van der Waals surface area (Å²) >= 11 is 0. The van der Waals surface area contributed by atoms with Crippen molar-refractivity contribution in [3.05, 3.63) is 60.4 Å². The lowest BCUT2D eigenvalue weighted by Crippen LogP contribution is -2.02. The summed E-state index contributed by atoms with van der Waals surface area (Å²) in [6.07, 6.45) is 5.40. The summed E-state index contributed by atoms with van der Waals surface area (Å²) in [5.74, 6) is 1.77. The molecule has 3 N–H and O–H groups in total. The Hall–Kier alpha value is -3.43.